The van der Waals surface area contributed by atoms with Gasteiger partial charge in [-0.1, -0.05) is 11.6 Å². The molecule has 0 bridgehead atoms. The molecule has 114 valence electrons. The second kappa shape index (κ2) is 6.43. The lowest BCUT2D eigenvalue weighted by Crippen LogP contribution is -2.39. The predicted molar refractivity (Wildman–Crippen MR) is 76.5 cm³/mol. The Morgan fingerprint density at radius 2 is 2.24 bits per heavy atom. The van der Waals surface area contributed by atoms with Crippen molar-refractivity contribution in [3.05, 3.63) is 34.6 Å². The van der Waals surface area contributed by atoms with E-state index in [1.54, 1.807) is 6.92 Å². The minimum Gasteiger partial charge on any atom is -0.481 e. The molecule has 1 amide bonds. The van der Waals surface area contributed by atoms with Crippen molar-refractivity contribution < 1.29 is 19.1 Å². The number of benzene rings is 1. The number of likely N-dealkylation sites (tertiary alicyclic amines) is 1. The molecule has 1 aromatic rings. The fourth-order valence-electron chi connectivity index (χ4n) is 2.90. The summed E-state index contributed by atoms with van der Waals surface area (Å²) in [7, 11) is 0. The number of amides is 1. The minimum absolute atomic E-state index is 0.148. The van der Waals surface area contributed by atoms with E-state index in [1.165, 1.54) is 23.1 Å². The van der Waals surface area contributed by atoms with Crippen LogP contribution in [0.1, 0.15) is 37.8 Å². The Balaban J connectivity index is 2.56. The van der Waals surface area contributed by atoms with Gasteiger partial charge in [0.2, 0.25) is 5.91 Å². The number of aliphatic carboxylic acids is 1. The molecule has 1 aliphatic rings. The summed E-state index contributed by atoms with van der Waals surface area (Å²) in [5, 5.41) is 9.78. The predicted octanol–water partition coefficient (Wildman–Crippen LogP) is 3.25. The van der Waals surface area contributed by atoms with Crippen LogP contribution in [0.4, 0.5) is 4.39 Å². The molecule has 4 nitrogen and oxygen atoms in total. The lowest BCUT2D eigenvalue weighted by Gasteiger charge is -2.33. The van der Waals surface area contributed by atoms with E-state index >= 15 is 0 Å². The number of carbonyl (C=O) groups is 2. The van der Waals surface area contributed by atoms with Crippen LogP contribution in [-0.2, 0) is 9.59 Å². The second-order valence-electron chi connectivity index (χ2n) is 5.13. The third-order valence-corrected chi connectivity index (χ3v) is 4.11. The van der Waals surface area contributed by atoms with E-state index in [2.05, 4.69) is 0 Å². The molecule has 2 unspecified atom stereocenters. The molecule has 1 N–H and O–H groups in total. The molecule has 0 aromatic heterocycles. The molecule has 0 radical (unpaired) electrons. The molecule has 6 heteroatoms. The molecule has 1 fully saturated rings. The molecule has 1 aliphatic heterocycles. The van der Waals surface area contributed by atoms with Crippen molar-refractivity contribution >= 4 is 23.5 Å². The Morgan fingerprint density at radius 1 is 1.52 bits per heavy atom. The van der Waals surface area contributed by atoms with Crippen LogP contribution in [0.2, 0.25) is 5.02 Å². The van der Waals surface area contributed by atoms with Gasteiger partial charge in [0.05, 0.1) is 12.0 Å². The number of halogens is 2. The maximum absolute atomic E-state index is 14.2. The fourth-order valence-corrected chi connectivity index (χ4v) is 3.09. The molecule has 2 atom stereocenters. The van der Waals surface area contributed by atoms with Crippen molar-refractivity contribution in [3.8, 4) is 0 Å². The largest absolute Gasteiger partial charge is 0.481 e. The number of hydrogen-bond donors (Lipinski definition) is 1. The lowest BCUT2D eigenvalue weighted by molar-refractivity contribution is -0.146. The van der Waals surface area contributed by atoms with Gasteiger partial charge in [0.1, 0.15) is 5.82 Å². The lowest BCUT2D eigenvalue weighted by atomic mass is 9.89. The summed E-state index contributed by atoms with van der Waals surface area (Å²) < 4.78 is 14.2. The standard InChI is InChI=1S/C15H17ClFNO3/c1-2-18-13(19)5-3-4-10(15(20)21)14(18)11-8-9(16)6-7-12(11)17/h6-8,10,14H,2-5H2,1H3,(H,20,21). The zero-order chi connectivity index (χ0) is 15.6. The van der Waals surface area contributed by atoms with Crippen molar-refractivity contribution in [2.45, 2.75) is 32.2 Å². The zero-order valence-electron chi connectivity index (χ0n) is 11.7. The molecule has 1 heterocycles. The first-order valence-corrected chi connectivity index (χ1v) is 7.30. The van der Waals surface area contributed by atoms with Crippen LogP contribution >= 0.6 is 11.6 Å². The number of carbonyl (C=O) groups excluding carboxylic acids is 1. The summed E-state index contributed by atoms with van der Waals surface area (Å²) in [6, 6.07) is 3.21. The summed E-state index contributed by atoms with van der Waals surface area (Å²) in [6.45, 7) is 2.09. The van der Waals surface area contributed by atoms with E-state index in [4.69, 9.17) is 11.6 Å². The zero-order valence-corrected chi connectivity index (χ0v) is 12.4. The van der Waals surface area contributed by atoms with Crippen molar-refractivity contribution in [3.63, 3.8) is 0 Å². The van der Waals surface area contributed by atoms with Crippen molar-refractivity contribution in [1.29, 1.82) is 0 Å². The summed E-state index contributed by atoms with van der Waals surface area (Å²) in [5.74, 6) is -2.54. The number of carboxylic acid groups (broad SMARTS) is 1. The van der Waals surface area contributed by atoms with Crippen LogP contribution in [0.25, 0.3) is 0 Å². The fraction of sp³-hybridized carbons (Fsp3) is 0.467. The van der Waals surface area contributed by atoms with Gasteiger partial charge in [-0.2, -0.15) is 0 Å². The van der Waals surface area contributed by atoms with Crippen molar-refractivity contribution in [1.82, 2.24) is 4.90 Å². The Bertz CT molecular complexity index is 562. The highest BCUT2D eigenvalue weighted by atomic mass is 35.5. The van der Waals surface area contributed by atoms with Gasteiger partial charge >= 0.3 is 5.97 Å². The minimum atomic E-state index is -1.02. The SMILES string of the molecule is CCN1C(=O)CCCC(C(=O)O)C1c1cc(Cl)ccc1F. The number of carboxylic acids is 1. The highest BCUT2D eigenvalue weighted by molar-refractivity contribution is 6.30. The van der Waals surface area contributed by atoms with E-state index < -0.39 is 23.7 Å². The Hall–Kier alpha value is -1.62. The quantitative estimate of drug-likeness (QED) is 0.932. The van der Waals surface area contributed by atoms with Crippen molar-refractivity contribution in [2.75, 3.05) is 6.54 Å². The maximum Gasteiger partial charge on any atom is 0.308 e. The number of nitrogens with zero attached hydrogens (tertiary/aromatic N) is 1. The first-order chi connectivity index (χ1) is 9.95. The maximum atomic E-state index is 14.2. The Kier molecular flexibility index (Phi) is 4.83. The summed E-state index contributed by atoms with van der Waals surface area (Å²) in [6.07, 6.45) is 1.12. The van der Waals surface area contributed by atoms with Crippen molar-refractivity contribution in [2.24, 2.45) is 5.92 Å². The third-order valence-electron chi connectivity index (χ3n) is 3.88. The van der Waals surface area contributed by atoms with E-state index in [-0.39, 0.29) is 17.9 Å². The highest BCUT2D eigenvalue weighted by Gasteiger charge is 2.39. The summed E-state index contributed by atoms with van der Waals surface area (Å²) >= 11 is 5.91. The average molecular weight is 314 g/mol. The second-order valence-corrected chi connectivity index (χ2v) is 5.56. The van der Waals surface area contributed by atoms with E-state index in [0.29, 0.717) is 24.4 Å². The molecular formula is C15H17ClFNO3. The number of hydrogen-bond acceptors (Lipinski definition) is 2. The van der Waals surface area contributed by atoms with Gasteiger partial charge in [-0.3, -0.25) is 9.59 Å². The van der Waals surface area contributed by atoms with Gasteiger partial charge in [-0.15, -0.1) is 0 Å². The van der Waals surface area contributed by atoms with Crippen LogP contribution in [0.3, 0.4) is 0 Å². The first kappa shape index (κ1) is 15.8. The van der Waals surface area contributed by atoms with Gasteiger partial charge in [-0.25, -0.2) is 4.39 Å². The molecule has 1 saturated heterocycles. The smallest absolute Gasteiger partial charge is 0.308 e. The van der Waals surface area contributed by atoms with E-state index in [9.17, 15) is 19.1 Å². The van der Waals surface area contributed by atoms with Crippen LogP contribution in [0.5, 0.6) is 0 Å². The molecule has 21 heavy (non-hydrogen) atoms. The van der Waals surface area contributed by atoms with Gasteiger partial charge in [0.15, 0.2) is 0 Å². The van der Waals surface area contributed by atoms with Crippen LogP contribution in [0.15, 0.2) is 18.2 Å². The normalized spacial score (nSPS) is 23.0. The van der Waals surface area contributed by atoms with E-state index in [0.717, 1.165) is 0 Å². The van der Waals surface area contributed by atoms with Crippen LogP contribution in [-0.4, -0.2) is 28.4 Å². The molecule has 2 rings (SSSR count). The van der Waals surface area contributed by atoms with E-state index in [1.807, 2.05) is 0 Å². The van der Waals surface area contributed by atoms with Gasteiger partial charge in [0.25, 0.3) is 0 Å². The topological polar surface area (TPSA) is 57.6 Å². The Morgan fingerprint density at radius 3 is 2.86 bits per heavy atom. The molecule has 0 aliphatic carbocycles. The Labute approximate surface area is 127 Å². The number of rotatable bonds is 3. The van der Waals surface area contributed by atoms with Gasteiger partial charge in [0, 0.05) is 23.6 Å². The highest BCUT2D eigenvalue weighted by Crippen LogP contribution is 2.37. The molecular weight excluding hydrogens is 297 g/mol. The summed E-state index contributed by atoms with van der Waals surface area (Å²) in [5.41, 5.74) is 0.173. The van der Waals surface area contributed by atoms with Gasteiger partial charge < -0.3 is 10.0 Å². The first-order valence-electron chi connectivity index (χ1n) is 6.93. The molecule has 0 saturated carbocycles. The monoisotopic (exact) mass is 313 g/mol. The molecule has 1 aromatic carbocycles. The third kappa shape index (κ3) is 3.18. The van der Waals surface area contributed by atoms with Crippen LogP contribution in [0, 0.1) is 11.7 Å². The van der Waals surface area contributed by atoms with Crippen LogP contribution < -0.4 is 0 Å². The summed E-state index contributed by atoms with van der Waals surface area (Å²) in [4.78, 5) is 25.2. The average Bonchev–Trinajstić information content (AvgIpc) is 2.60. The van der Waals surface area contributed by atoms with Gasteiger partial charge in [-0.05, 0) is 38.0 Å². The molecule has 0 spiro atoms.